The second-order valence-electron chi connectivity index (χ2n) is 4.17. The van der Waals surface area contributed by atoms with Crippen LogP contribution in [0.5, 0.6) is 5.75 Å². The molecule has 0 heterocycles. The van der Waals surface area contributed by atoms with Crippen LogP contribution in [0.25, 0.3) is 0 Å². The maximum Gasteiger partial charge on any atom is 0.119 e. The Morgan fingerprint density at radius 2 is 1.56 bits per heavy atom. The highest BCUT2D eigenvalue weighted by Crippen LogP contribution is 2.15. The normalized spacial score (nSPS) is 10.3. The van der Waals surface area contributed by atoms with Crippen molar-refractivity contribution < 1.29 is 10.1 Å². The Hall–Kier alpha value is -1.51. The van der Waals surface area contributed by atoms with E-state index >= 15 is 0 Å². The number of ether oxygens (including phenoxy) is 1. The van der Waals surface area contributed by atoms with Crippen molar-refractivity contribution in [3.63, 3.8) is 0 Å². The van der Waals surface area contributed by atoms with Gasteiger partial charge in [-0.1, -0.05) is 23.7 Å². The van der Waals surface area contributed by atoms with Crippen LogP contribution in [0.2, 0.25) is 5.02 Å². The molecular weight excluding hydrogens is 246 g/mol. The zero-order chi connectivity index (χ0) is 12.8. The molecule has 0 fully saturated rings. The number of rotatable bonds is 5. The van der Waals surface area contributed by atoms with Gasteiger partial charge < -0.3 is 10.1 Å². The van der Waals surface area contributed by atoms with Gasteiger partial charge in [0.1, 0.15) is 18.9 Å². The van der Waals surface area contributed by atoms with E-state index in [0.717, 1.165) is 22.9 Å². The van der Waals surface area contributed by atoms with E-state index < -0.39 is 0 Å². The van der Waals surface area contributed by atoms with Gasteiger partial charge in [-0.2, -0.15) is 0 Å². The highest BCUT2D eigenvalue weighted by molar-refractivity contribution is 6.30. The predicted molar refractivity (Wildman–Crippen MR) is 73.8 cm³/mol. The van der Waals surface area contributed by atoms with Crippen molar-refractivity contribution in [3.8, 4) is 5.75 Å². The van der Waals surface area contributed by atoms with Crippen LogP contribution >= 0.6 is 11.6 Å². The molecule has 0 saturated carbocycles. The third-order valence-corrected chi connectivity index (χ3v) is 2.93. The first-order chi connectivity index (χ1) is 8.78. The minimum atomic E-state index is 0.566. The van der Waals surface area contributed by atoms with Crippen molar-refractivity contribution in [1.82, 2.24) is 0 Å². The first-order valence-corrected chi connectivity index (χ1v) is 6.40. The van der Waals surface area contributed by atoms with Crippen LogP contribution in [-0.4, -0.2) is 7.05 Å². The zero-order valence-electron chi connectivity index (χ0n) is 10.4. The summed E-state index contributed by atoms with van der Waals surface area (Å²) in [6, 6.07) is 15.9. The highest BCUT2D eigenvalue weighted by atomic mass is 35.5. The molecular formula is C15H17ClNO+. The number of nitrogens with two attached hydrogens (primary N) is 1. The number of hydrogen-bond donors (Lipinski definition) is 1. The van der Waals surface area contributed by atoms with Crippen molar-refractivity contribution >= 4 is 11.6 Å². The summed E-state index contributed by atoms with van der Waals surface area (Å²) in [5.74, 6) is 0.893. The lowest BCUT2D eigenvalue weighted by Crippen LogP contribution is -2.77. The SMILES string of the molecule is C[NH2+]Cc1ccc(OCc2ccc(Cl)cc2)cc1. The molecule has 0 aliphatic rings. The molecule has 0 atom stereocenters. The maximum atomic E-state index is 5.83. The summed E-state index contributed by atoms with van der Waals surface area (Å²) in [5.41, 5.74) is 2.42. The van der Waals surface area contributed by atoms with E-state index in [1.54, 1.807) is 0 Å². The van der Waals surface area contributed by atoms with E-state index in [-0.39, 0.29) is 0 Å². The summed E-state index contributed by atoms with van der Waals surface area (Å²) in [4.78, 5) is 0. The molecule has 0 amide bonds. The van der Waals surface area contributed by atoms with Gasteiger partial charge in [0.25, 0.3) is 0 Å². The van der Waals surface area contributed by atoms with E-state index in [1.165, 1.54) is 5.56 Å². The van der Waals surface area contributed by atoms with Gasteiger partial charge in [0.2, 0.25) is 0 Å². The molecule has 0 saturated heterocycles. The lowest BCUT2D eigenvalue weighted by Gasteiger charge is -2.07. The van der Waals surface area contributed by atoms with E-state index in [1.807, 2.05) is 36.4 Å². The molecule has 3 heteroatoms. The van der Waals surface area contributed by atoms with Crippen LogP contribution in [-0.2, 0) is 13.2 Å². The summed E-state index contributed by atoms with van der Waals surface area (Å²) in [7, 11) is 2.06. The number of benzene rings is 2. The summed E-state index contributed by atoms with van der Waals surface area (Å²) in [6.07, 6.45) is 0. The Morgan fingerprint density at radius 3 is 2.17 bits per heavy atom. The number of hydrogen-bond acceptors (Lipinski definition) is 1. The predicted octanol–water partition coefficient (Wildman–Crippen LogP) is 2.61. The van der Waals surface area contributed by atoms with Crippen molar-refractivity contribution in [2.24, 2.45) is 0 Å². The molecule has 0 bridgehead atoms. The van der Waals surface area contributed by atoms with Crippen LogP contribution in [0.4, 0.5) is 0 Å². The first-order valence-electron chi connectivity index (χ1n) is 6.02. The van der Waals surface area contributed by atoms with E-state index in [2.05, 4.69) is 24.5 Å². The standard InChI is InChI=1S/C15H16ClNO/c1-17-10-12-4-8-15(9-5-12)18-11-13-2-6-14(16)7-3-13/h2-9,17H,10-11H2,1H3/p+1. The molecule has 0 aliphatic heterocycles. The highest BCUT2D eigenvalue weighted by Gasteiger charge is 1.98. The molecule has 0 radical (unpaired) electrons. The molecule has 2 N–H and O–H groups in total. The van der Waals surface area contributed by atoms with E-state index in [9.17, 15) is 0 Å². The van der Waals surface area contributed by atoms with E-state index in [4.69, 9.17) is 16.3 Å². The van der Waals surface area contributed by atoms with Crippen LogP contribution in [0, 0.1) is 0 Å². The Bertz CT molecular complexity index is 479. The monoisotopic (exact) mass is 262 g/mol. The van der Waals surface area contributed by atoms with Crippen molar-refractivity contribution in [3.05, 3.63) is 64.7 Å². The molecule has 94 valence electrons. The molecule has 18 heavy (non-hydrogen) atoms. The fourth-order valence-corrected chi connectivity index (χ4v) is 1.83. The molecule has 2 aromatic rings. The zero-order valence-corrected chi connectivity index (χ0v) is 11.2. The van der Waals surface area contributed by atoms with Gasteiger partial charge in [0, 0.05) is 10.6 Å². The fraction of sp³-hybridized carbons (Fsp3) is 0.200. The second kappa shape index (κ2) is 6.43. The quantitative estimate of drug-likeness (QED) is 0.881. The summed E-state index contributed by atoms with van der Waals surface area (Å²) in [5, 5.41) is 2.89. The third-order valence-electron chi connectivity index (χ3n) is 2.68. The van der Waals surface area contributed by atoms with Crippen LogP contribution < -0.4 is 10.1 Å². The Kier molecular flexibility index (Phi) is 4.62. The molecule has 0 aliphatic carbocycles. The van der Waals surface area contributed by atoms with Crippen LogP contribution in [0.3, 0.4) is 0 Å². The first kappa shape index (κ1) is 12.9. The Labute approximate surface area is 113 Å². The fourth-order valence-electron chi connectivity index (χ4n) is 1.70. The maximum absolute atomic E-state index is 5.83. The number of halogens is 1. The summed E-state index contributed by atoms with van der Waals surface area (Å²) < 4.78 is 5.71. The Morgan fingerprint density at radius 1 is 0.944 bits per heavy atom. The molecule has 0 spiro atoms. The lowest BCUT2D eigenvalue weighted by molar-refractivity contribution is -0.643. The molecule has 0 unspecified atom stereocenters. The summed E-state index contributed by atoms with van der Waals surface area (Å²) >= 11 is 5.83. The van der Waals surface area contributed by atoms with Gasteiger partial charge in [-0.05, 0) is 42.0 Å². The molecule has 2 rings (SSSR count). The molecule has 0 aromatic heterocycles. The lowest BCUT2D eigenvalue weighted by atomic mass is 10.2. The van der Waals surface area contributed by atoms with E-state index in [0.29, 0.717) is 6.61 Å². The molecule has 2 nitrogen and oxygen atoms in total. The smallest absolute Gasteiger partial charge is 0.119 e. The minimum Gasteiger partial charge on any atom is -0.489 e. The minimum absolute atomic E-state index is 0.566. The topological polar surface area (TPSA) is 25.8 Å². The van der Waals surface area contributed by atoms with Crippen molar-refractivity contribution in [2.75, 3.05) is 7.05 Å². The van der Waals surface area contributed by atoms with Gasteiger partial charge in [0.15, 0.2) is 0 Å². The van der Waals surface area contributed by atoms with Gasteiger partial charge >= 0.3 is 0 Å². The van der Waals surface area contributed by atoms with Gasteiger partial charge in [0.05, 0.1) is 7.05 Å². The van der Waals surface area contributed by atoms with Crippen LogP contribution in [0.15, 0.2) is 48.5 Å². The Balaban J connectivity index is 1.91. The van der Waals surface area contributed by atoms with Gasteiger partial charge in [-0.15, -0.1) is 0 Å². The second-order valence-corrected chi connectivity index (χ2v) is 4.61. The summed E-state index contributed by atoms with van der Waals surface area (Å²) in [6.45, 7) is 1.56. The van der Waals surface area contributed by atoms with Crippen LogP contribution in [0.1, 0.15) is 11.1 Å². The van der Waals surface area contributed by atoms with Gasteiger partial charge in [-0.25, -0.2) is 0 Å². The van der Waals surface area contributed by atoms with Gasteiger partial charge in [-0.3, -0.25) is 0 Å². The largest absolute Gasteiger partial charge is 0.489 e. The average molecular weight is 263 g/mol. The third kappa shape index (κ3) is 3.76. The van der Waals surface area contributed by atoms with Crippen molar-refractivity contribution in [1.29, 1.82) is 0 Å². The van der Waals surface area contributed by atoms with Crippen molar-refractivity contribution in [2.45, 2.75) is 13.2 Å². The number of quaternary nitrogens is 1. The molecule has 2 aromatic carbocycles. The average Bonchev–Trinajstić information content (AvgIpc) is 2.40.